The molecule has 1 aromatic heterocycles. The van der Waals surface area contributed by atoms with Gasteiger partial charge in [-0.25, -0.2) is 0 Å². The lowest BCUT2D eigenvalue weighted by molar-refractivity contribution is 0.0948. The highest BCUT2D eigenvalue weighted by atomic mass is 32.1. The number of thiocarbonyl (C=S) groups is 1. The molecule has 1 heterocycles. The summed E-state index contributed by atoms with van der Waals surface area (Å²) in [6, 6.07) is 8.14. The first kappa shape index (κ1) is 17.9. The normalized spacial score (nSPS) is 16.0. The zero-order valence-corrected chi connectivity index (χ0v) is 16.4. The van der Waals surface area contributed by atoms with Crippen LogP contribution in [0, 0.1) is 19.8 Å². The van der Waals surface area contributed by atoms with Gasteiger partial charge in [0.05, 0.1) is 4.88 Å². The summed E-state index contributed by atoms with van der Waals surface area (Å²) in [5.74, 6) is 0.558. The topological polar surface area (TPSA) is 53.2 Å². The van der Waals surface area contributed by atoms with Crippen molar-refractivity contribution in [2.45, 2.75) is 40.0 Å². The highest BCUT2D eigenvalue weighted by Gasteiger charge is 2.20. The molecule has 132 valence electrons. The lowest BCUT2D eigenvalue weighted by atomic mass is 9.90. The summed E-state index contributed by atoms with van der Waals surface area (Å²) >= 11 is 6.85. The van der Waals surface area contributed by atoms with E-state index in [-0.39, 0.29) is 5.91 Å². The monoisotopic (exact) mass is 373 g/mol. The minimum Gasteiger partial charge on any atom is -0.331 e. The van der Waals surface area contributed by atoms with Gasteiger partial charge in [0.15, 0.2) is 5.11 Å². The average molecular weight is 374 g/mol. The Morgan fingerprint density at radius 2 is 1.88 bits per heavy atom. The van der Waals surface area contributed by atoms with Gasteiger partial charge in [-0.05, 0) is 86.1 Å². The van der Waals surface area contributed by atoms with E-state index >= 15 is 0 Å². The number of aryl methyl sites for hydroxylation is 3. The molecule has 0 fully saturated rings. The number of anilines is 1. The number of carbonyl (C=O) groups is 1. The van der Waals surface area contributed by atoms with Crippen LogP contribution in [0.2, 0.25) is 0 Å². The van der Waals surface area contributed by atoms with Crippen molar-refractivity contribution in [3.8, 4) is 0 Å². The Bertz CT molecular complexity index is 793. The van der Waals surface area contributed by atoms with Crippen molar-refractivity contribution >= 4 is 40.3 Å². The van der Waals surface area contributed by atoms with Crippen LogP contribution in [-0.2, 0) is 12.8 Å². The Balaban J connectivity index is 1.56. The summed E-state index contributed by atoms with van der Waals surface area (Å²) in [6.07, 6.45) is 3.35. The Morgan fingerprint density at radius 3 is 2.60 bits per heavy atom. The van der Waals surface area contributed by atoms with Gasteiger partial charge in [-0.3, -0.25) is 15.6 Å². The van der Waals surface area contributed by atoms with Crippen molar-refractivity contribution in [1.29, 1.82) is 0 Å². The molecular weight excluding hydrogens is 350 g/mol. The van der Waals surface area contributed by atoms with E-state index in [0.29, 0.717) is 11.0 Å². The van der Waals surface area contributed by atoms with Gasteiger partial charge in [0, 0.05) is 10.6 Å². The van der Waals surface area contributed by atoms with Gasteiger partial charge >= 0.3 is 0 Å². The predicted molar refractivity (Wildman–Crippen MR) is 108 cm³/mol. The number of thiophene rings is 1. The molecule has 1 aromatic carbocycles. The molecule has 0 saturated carbocycles. The first-order chi connectivity index (χ1) is 11.9. The van der Waals surface area contributed by atoms with E-state index in [2.05, 4.69) is 29.2 Å². The lowest BCUT2D eigenvalue weighted by Gasteiger charge is -2.16. The van der Waals surface area contributed by atoms with Crippen molar-refractivity contribution < 1.29 is 4.79 Å². The Kier molecular flexibility index (Phi) is 5.39. The summed E-state index contributed by atoms with van der Waals surface area (Å²) in [4.78, 5) is 14.4. The molecule has 6 heteroatoms. The zero-order chi connectivity index (χ0) is 18.0. The average Bonchev–Trinajstić information content (AvgIpc) is 2.94. The van der Waals surface area contributed by atoms with E-state index in [9.17, 15) is 4.79 Å². The third kappa shape index (κ3) is 4.58. The SMILES string of the molecule is Cc1cc(C)cc(NC(=S)NNC(=O)c2cc3c(s2)CC[C@H](C)C3)c1. The van der Waals surface area contributed by atoms with Crippen LogP contribution in [0.3, 0.4) is 0 Å². The van der Waals surface area contributed by atoms with Crippen LogP contribution in [-0.4, -0.2) is 11.0 Å². The quantitative estimate of drug-likeness (QED) is 0.547. The van der Waals surface area contributed by atoms with E-state index in [1.54, 1.807) is 11.3 Å². The summed E-state index contributed by atoms with van der Waals surface area (Å²) in [5, 5.41) is 3.46. The number of hydrogen-bond acceptors (Lipinski definition) is 3. The zero-order valence-electron chi connectivity index (χ0n) is 14.7. The minimum absolute atomic E-state index is 0.142. The van der Waals surface area contributed by atoms with E-state index in [1.165, 1.54) is 16.9 Å². The fourth-order valence-electron chi connectivity index (χ4n) is 3.20. The molecular formula is C19H23N3OS2. The van der Waals surface area contributed by atoms with Crippen LogP contribution >= 0.6 is 23.6 Å². The molecule has 4 nitrogen and oxygen atoms in total. The number of amides is 1. The lowest BCUT2D eigenvalue weighted by Crippen LogP contribution is -2.43. The van der Waals surface area contributed by atoms with Gasteiger partial charge in [-0.2, -0.15) is 0 Å². The smallest absolute Gasteiger partial charge is 0.279 e. The van der Waals surface area contributed by atoms with Crippen molar-refractivity contribution in [2.24, 2.45) is 5.92 Å². The molecule has 0 aliphatic heterocycles. The standard InChI is InChI=1S/C19H23N3OS2/c1-11-4-5-16-14(7-11)10-17(25-16)18(23)21-22-19(24)20-15-8-12(2)6-13(3)9-15/h6,8-11H,4-5,7H2,1-3H3,(H,21,23)(H2,20,22,24)/t11-/m0/s1. The van der Waals surface area contributed by atoms with E-state index < -0.39 is 0 Å². The molecule has 1 aliphatic rings. The highest BCUT2D eigenvalue weighted by Crippen LogP contribution is 2.32. The van der Waals surface area contributed by atoms with Crippen LogP contribution in [0.1, 0.15) is 44.6 Å². The van der Waals surface area contributed by atoms with Gasteiger partial charge in [-0.1, -0.05) is 13.0 Å². The number of rotatable bonds is 2. The second-order valence-electron chi connectivity index (χ2n) is 6.82. The van der Waals surface area contributed by atoms with Crippen molar-refractivity contribution in [3.63, 3.8) is 0 Å². The molecule has 25 heavy (non-hydrogen) atoms. The number of hydrazine groups is 1. The van der Waals surface area contributed by atoms with Gasteiger partial charge < -0.3 is 5.32 Å². The number of nitrogens with one attached hydrogen (secondary N) is 3. The van der Waals surface area contributed by atoms with Crippen LogP contribution in [0.5, 0.6) is 0 Å². The summed E-state index contributed by atoms with van der Waals surface area (Å²) in [5.41, 5.74) is 10.0. The van der Waals surface area contributed by atoms with Crippen molar-refractivity contribution in [2.75, 3.05) is 5.32 Å². The third-order valence-corrected chi connectivity index (χ3v) is 5.76. The number of fused-ring (bicyclic) bond motifs is 1. The third-order valence-electron chi connectivity index (χ3n) is 4.32. The maximum Gasteiger partial charge on any atom is 0.279 e. The predicted octanol–water partition coefficient (Wildman–Crippen LogP) is 4.12. The Morgan fingerprint density at radius 1 is 1.16 bits per heavy atom. The molecule has 1 aliphatic carbocycles. The molecule has 0 radical (unpaired) electrons. The number of benzene rings is 1. The van der Waals surface area contributed by atoms with Gasteiger partial charge in [-0.15, -0.1) is 11.3 Å². The molecule has 0 unspecified atom stereocenters. The first-order valence-corrected chi connectivity index (χ1v) is 9.70. The summed E-state index contributed by atoms with van der Waals surface area (Å²) < 4.78 is 0. The molecule has 0 saturated heterocycles. The molecule has 1 atom stereocenters. The first-order valence-electron chi connectivity index (χ1n) is 8.48. The van der Waals surface area contributed by atoms with E-state index in [1.807, 2.05) is 32.0 Å². The number of carbonyl (C=O) groups excluding carboxylic acids is 1. The van der Waals surface area contributed by atoms with Crippen molar-refractivity contribution in [3.05, 3.63) is 50.7 Å². The molecule has 1 amide bonds. The molecule has 3 N–H and O–H groups in total. The van der Waals surface area contributed by atoms with E-state index in [4.69, 9.17) is 12.2 Å². The van der Waals surface area contributed by atoms with Gasteiger partial charge in [0.25, 0.3) is 5.91 Å². The Hall–Kier alpha value is -1.92. The van der Waals surface area contributed by atoms with Crippen LogP contribution < -0.4 is 16.2 Å². The minimum atomic E-state index is -0.142. The summed E-state index contributed by atoms with van der Waals surface area (Å²) in [7, 11) is 0. The molecule has 0 spiro atoms. The van der Waals surface area contributed by atoms with E-state index in [0.717, 1.165) is 34.5 Å². The van der Waals surface area contributed by atoms with Gasteiger partial charge in [0.2, 0.25) is 0 Å². The highest BCUT2D eigenvalue weighted by molar-refractivity contribution is 7.80. The maximum atomic E-state index is 12.4. The summed E-state index contributed by atoms with van der Waals surface area (Å²) in [6.45, 7) is 6.34. The fraction of sp³-hybridized carbons (Fsp3) is 0.368. The van der Waals surface area contributed by atoms with Gasteiger partial charge in [0.1, 0.15) is 0 Å². The van der Waals surface area contributed by atoms with Crippen LogP contribution in [0.15, 0.2) is 24.3 Å². The Labute approximate surface area is 158 Å². The second kappa shape index (κ2) is 7.54. The molecule has 3 rings (SSSR count). The van der Waals surface area contributed by atoms with Crippen LogP contribution in [0.25, 0.3) is 0 Å². The van der Waals surface area contributed by atoms with Crippen LogP contribution in [0.4, 0.5) is 5.69 Å². The second-order valence-corrected chi connectivity index (χ2v) is 8.36. The molecule has 2 aromatic rings. The molecule has 0 bridgehead atoms. The fourth-order valence-corrected chi connectivity index (χ4v) is 4.47. The largest absolute Gasteiger partial charge is 0.331 e. The number of hydrogen-bond donors (Lipinski definition) is 3. The van der Waals surface area contributed by atoms with Crippen molar-refractivity contribution in [1.82, 2.24) is 10.9 Å². The maximum absolute atomic E-state index is 12.4.